The van der Waals surface area contributed by atoms with Gasteiger partial charge in [-0.25, -0.2) is 4.79 Å². The molecule has 0 aromatic heterocycles. The number of carbonyl (C=O) groups excluding carboxylic acids is 2. The molecule has 10 nitrogen and oxygen atoms in total. The van der Waals surface area contributed by atoms with E-state index in [0.29, 0.717) is 79.0 Å². The number of ether oxygens (including phenoxy) is 7. The minimum Gasteiger partial charge on any atom is -0.463 e. The SMILES string of the molecule is CCCCCCCCCC(=O)OCCOCCOCCOCCOCCOCCNC(=O)OC(C)(C)C. The quantitative estimate of drug-likeness (QED) is 0.128. The molecule has 0 rings (SSSR count). The molecule has 220 valence electrons. The lowest BCUT2D eigenvalue weighted by Crippen LogP contribution is -2.34. The van der Waals surface area contributed by atoms with E-state index in [1.54, 1.807) is 0 Å². The van der Waals surface area contributed by atoms with E-state index in [9.17, 15) is 9.59 Å². The molecule has 0 radical (unpaired) electrons. The van der Waals surface area contributed by atoms with Crippen molar-refractivity contribution < 1.29 is 42.7 Å². The molecule has 0 bridgehead atoms. The second-order valence-electron chi connectivity index (χ2n) is 9.58. The highest BCUT2D eigenvalue weighted by Crippen LogP contribution is 2.09. The van der Waals surface area contributed by atoms with Crippen LogP contribution in [0.25, 0.3) is 0 Å². The zero-order chi connectivity index (χ0) is 27.5. The number of unbranched alkanes of at least 4 members (excludes halogenated alkanes) is 6. The number of carbonyl (C=O) groups is 2. The smallest absolute Gasteiger partial charge is 0.407 e. The average molecular weight is 536 g/mol. The Labute approximate surface area is 224 Å². The van der Waals surface area contributed by atoms with Gasteiger partial charge in [-0.05, 0) is 27.2 Å². The maximum atomic E-state index is 11.7. The fourth-order valence-electron chi connectivity index (χ4n) is 3.03. The molecule has 10 heteroatoms. The highest BCUT2D eigenvalue weighted by Gasteiger charge is 2.15. The van der Waals surface area contributed by atoms with Crippen LogP contribution in [-0.4, -0.2) is 96.9 Å². The van der Waals surface area contributed by atoms with Crippen molar-refractivity contribution in [3.05, 3.63) is 0 Å². The highest BCUT2D eigenvalue weighted by atomic mass is 16.6. The van der Waals surface area contributed by atoms with Gasteiger partial charge in [0.25, 0.3) is 0 Å². The van der Waals surface area contributed by atoms with Crippen LogP contribution in [0.2, 0.25) is 0 Å². The van der Waals surface area contributed by atoms with E-state index in [-0.39, 0.29) is 12.6 Å². The molecular weight excluding hydrogens is 482 g/mol. The molecule has 0 aliphatic rings. The van der Waals surface area contributed by atoms with E-state index in [4.69, 9.17) is 33.2 Å². The van der Waals surface area contributed by atoms with E-state index in [1.807, 2.05) is 20.8 Å². The summed E-state index contributed by atoms with van der Waals surface area (Å²) in [6.07, 6.45) is 8.34. The fourth-order valence-corrected chi connectivity index (χ4v) is 3.03. The monoisotopic (exact) mass is 535 g/mol. The van der Waals surface area contributed by atoms with Crippen molar-refractivity contribution in [2.45, 2.75) is 84.7 Å². The lowest BCUT2D eigenvalue weighted by Gasteiger charge is -2.19. The third kappa shape index (κ3) is 30.7. The number of rotatable bonds is 26. The number of hydrogen-bond donors (Lipinski definition) is 1. The van der Waals surface area contributed by atoms with Crippen molar-refractivity contribution in [2.75, 3.05) is 79.2 Å². The van der Waals surface area contributed by atoms with Crippen LogP contribution in [0.1, 0.15) is 79.1 Å². The van der Waals surface area contributed by atoms with Crippen LogP contribution in [0, 0.1) is 0 Å². The summed E-state index contributed by atoms with van der Waals surface area (Å²) in [4.78, 5) is 23.1. The zero-order valence-corrected chi connectivity index (χ0v) is 23.8. The standard InChI is InChI=1S/C27H53NO9/c1-5-6-7-8-9-10-11-12-25(29)36-24-23-35-22-21-34-20-19-33-18-17-32-16-15-31-14-13-28-26(30)37-27(2,3)4/h5-24H2,1-4H3,(H,28,30). The molecule has 1 amide bonds. The summed E-state index contributed by atoms with van der Waals surface area (Å²) in [6, 6.07) is 0. The van der Waals surface area contributed by atoms with Crippen LogP contribution >= 0.6 is 0 Å². The fraction of sp³-hybridized carbons (Fsp3) is 0.926. The van der Waals surface area contributed by atoms with Gasteiger partial charge in [0.15, 0.2) is 0 Å². The second kappa shape index (κ2) is 26.2. The van der Waals surface area contributed by atoms with Gasteiger partial charge < -0.3 is 38.5 Å². The Morgan fingerprint density at radius 2 is 1.03 bits per heavy atom. The normalized spacial score (nSPS) is 11.5. The predicted molar refractivity (Wildman–Crippen MR) is 142 cm³/mol. The molecule has 37 heavy (non-hydrogen) atoms. The van der Waals surface area contributed by atoms with Crippen LogP contribution in [0.5, 0.6) is 0 Å². The number of nitrogens with one attached hydrogen (secondary N) is 1. The lowest BCUT2D eigenvalue weighted by atomic mass is 10.1. The Bertz CT molecular complexity index is 526. The Morgan fingerprint density at radius 1 is 0.595 bits per heavy atom. The summed E-state index contributed by atoms with van der Waals surface area (Å²) < 4.78 is 37.3. The number of esters is 1. The summed E-state index contributed by atoms with van der Waals surface area (Å²) in [5.41, 5.74) is -0.507. The maximum absolute atomic E-state index is 11.7. The first-order valence-electron chi connectivity index (χ1n) is 13.9. The van der Waals surface area contributed by atoms with Crippen molar-refractivity contribution >= 4 is 12.1 Å². The first kappa shape index (κ1) is 35.5. The van der Waals surface area contributed by atoms with Gasteiger partial charge in [0, 0.05) is 13.0 Å². The summed E-state index contributed by atoms with van der Waals surface area (Å²) in [7, 11) is 0. The highest BCUT2D eigenvalue weighted by molar-refractivity contribution is 5.69. The minimum atomic E-state index is -0.507. The van der Waals surface area contributed by atoms with E-state index >= 15 is 0 Å². The molecular formula is C27H53NO9. The van der Waals surface area contributed by atoms with E-state index in [1.165, 1.54) is 32.1 Å². The van der Waals surface area contributed by atoms with E-state index < -0.39 is 11.7 Å². The Kier molecular flexibility index (Phi) is 25.1. The second-order valence-corrected chi connectivity index (χ2v) is 9.58. The topological polar surface area (TPSA) is 111 Å². The molecule has 0 aromatic rings. The van der Waals surface area contributed by atoms with Gasteiger partial charge in [0.1, 0.15) is 12.2 Å². The molecule has 0 unspecified atom stereocenters. The van der Waals surface area contributed by atoms with Gasteiger partial charge in [-0.2, -0.15) is 0 Å². The molecule has 0 aromatic carbocycles. The molecule has 0 heterocycles. The first-order chi connectivity index (χ1) is 17.8. The molecule has 0 aliphatic carbocycles. The third-order valence-electron chi connectivity index (χ3n) is 4.88. The van der Waals surface area contributed by atoms with Crippen LogP contribution in [0.3, 0.4) is 0 Å². The van der Waals surface area contributed by atoms with Crippen molar-refractivity contribution in [3.63, 3.8) is 0 Å². The molecule has 0 atom stereocenters. The Hall–Kier alpha value is -1.46. The Balaban J connectivity index is 3.19. The van der Waals surface area contributed by atoms with E-state index in [2.05, 4.69) is 12.2 Å². The number of alkyl carbamates (subject to hydrolysis) is 1. The summed E-state index contributed by atoms with van der Waals surface area (Å²) in [6.45, 7) is 12.8. The Morgan fingerprint density at radius 3 is 1.51 bits per heavy atom. The average Bonchev–Trinajstić information content (AvgIpc) is 2.83. The third-order valence-corrected chi connectivity index (χ3v) is 4.88. The minimum absolute atomic E-state index is 0.144. The molecule has 0 saturated heterocycles. The van der Waals surface area contributed by atoms with Crippen LogP contribution in [-0.2, 0) is 38.0 Å². The molecule has 0 aliphatic heterocycles. The maximum Gasteiger partial charge on any atom is 0.407 e. The first-order valence-corrected chi connectivity index (χ1v) is 13.9. The predicted octanol–water partition coefficient (Wildman–Crippen LogP) is 4.28. The summed E-state index contributed by atoms with van der Waals surface area (Å²) in [5, 5.41) is 2.62. The molecule has 1 N–H and O–H groups in total. The van der Waals surface area contributed by atoms with Gasteiger partial charge in [0.2, 0.25) is 0 Å². The summed E-state index contributed by atoms with van der Waals surface area (Å²) >= 11 is 0. The van der Waals surface area contributed by atoms with E-state index in [0.717, 1.165) is 12.8 Å². The van der Waals surface area contributed by atoms with Crippen molar-refractivity contribution in [1.82, 2.24) is 5.32 Å². The van der Waals surface area contributed by atoms with Gasteiger partial charge in [-0.3, -0.25) is 4.79 Å². The van der Waals surface area contributed by atoms with Crippen molar-refractivity contribution in [2.24, 2.45) is 0 Å². The summed E-state index contributed by atoms with van der Waals surface area (Å²) in [5.74, 6) is -0.144. The molecule has 0 saturated carbocycles. The van der Waals surface area contributed by atoms with Crippen molar-refractivity contribution in [3.8, 4) is 0 Å². The lowest BCUT2D eigenvalue weighted by molar-refractivity contribution is -0.145. The number of amides is 1. The van der Waals surface area contributed by atoms with Gasteiger partial charge in [-0.1, -0.05) is 45.4 Å². The molecule has 0 spiro atoms. The van der Waals surface area contributed by atoms with Crippen LogP contribution in [0.15, 0.2) is 0 Å². The van der Waals surface area contributed by atoms with Crippen LogP contribution < -0.4 is 5.32 Å². The van der Waals surface area contributed by atoms with Gasteiger partial charge >= 0.3 is 12.1 Å². The van der Waals surface area contributed by atoms with Gasteiger partial charge in [-0.15, -0.1) is 0 Å². The largest absolute Gasteiger partial charge is 0.463 e. The number of hydrogen-bond acceptors (Lipinski definition) is 9. The zero-order valence-electron chi connectivity index (χ0n) is 23.8. The van der Waals surface area contributed by atoms with Crippen LogP contribution in [0.4, 0.5) is 4.79 Å². The van der Waals surface area contributed by atoms with Gasteiger partial charge in [0.05, 0.1) is 66.1 Å². The van der Waals surface area contributed by atoms with Crippen molar-refractivity contribution in [1.29, 1.82) is 0 Å². The molecule has 0 fully saturated rings.